The maximum Gasteiger partial charge on any atom is 0.341 e. The lowest BCUT2D eigenvalue weighted by molar-refractivity contribution is 0.0475. The molecule has 1 aromatic heterocycles. The number of Topliss-reactive ketones (excluding diaryl/α,β-unsaturated/α-hetero) is 1. The predicted octanol–water partition coefficient (Wildman–Crippen LogP) is 4.09. The summed E-state index contributed by atoms with van der Waals surface area (Å²) in [6.07, 6.45) is 0. The maximum absolute atomic E-state index is 12.7. The molecule has 0 amide bonds. The van der Waals surface area contributed by atoms with E-state index in [9.17, 15) is 18.0 Å². The Morgan fingerprint density at radius 3 is 2.16 bits per heavy atom. The average Bonchev–Trinajstić information content (AvgIpc) is 2.99. The highest BCUT2D eigenvalue weighted by molar-refractivity contribution is 7.89. The minimum Gasteiger partial charge on any atom is -0.454 e. The van der Waals surface area contributed by atoms with Crippen molar-refractivity contribution in [2.24, 2.45) is 5.14 Å². The first-order valence-electron chi connectivity index (χ1n) is 8.97. The molecule has 0 spiro atoms. The van der Waals surface area contributed by atoms with Gasteiger partial charge in [-0.3, -0.25) is 4.79 Å². The van der Waals surface area contributed by atoms with Crippen LogP contribution in [-0.4, -0.2) is 31.3 Å². The van der Waals surface area contributed by atoms with Crippen LogP contribution in [0.25, 0.3) is 5.69 Å². The summed E-state index contributed by atoms with van der Waals surface area (Å²) < 4.78 is 29.8. The Hall–Kier alpha value is -2.65. The Kier molecular flexibility index (Phi) is 6.56. The highest BCUT2D eigenvalue weighted by Gasteiger charge is 2.21. The SMILES string of the molecule is Cc1cc(C(=O)COC(=O)c2c(Cl)cccc2Cl)c(C)n1-c1ccc(S(N)(=O)=O)cc1. The van der Waals surface area contributed by atoms with E-state index in [-0.39, 0.29) is 20.5 Å². The van der Waals surface area contributed by atoms with Crippen molar-refractivity contribution in [1.29, 1.82) is 0 Å². The van der Waals surface area contributed by atoms with Gasteiger partial charge in [-0.15, -0.1) is 0 Å². The third-order valence-electron chi connectivity index (χ3n) is 4.66. The van der Waals surface area contributed by atoms with E-state index in [1.54, 1.807) is 42.7 Å². The normalized spacial score (nSPS) is 11.4. The molecule has 2 N–H and O–H groups in total. The van der Waals surface area contributed by atoms with Crippen molar-refractivity contribution >= 4 is 45.0 Å². The molecule has 0 aliphatic carbocycles. The molecule has 0 atom stereocenters. The first-order chi connectivity index (χ1) is 14.5. The molecular weight excluding hydrogens is 463 g/mol. The van der Waals surface area contributed by atoms with Crippen LogP contribution in [0.2, 0.25) is 10.0 Å². The van der Waals surface area contributed by atoms with Gasteiger partial charge in [0.1, 0.15) is 0 Å². The van der Waals surface area contributed by atoms with E-state index in [0.717, 1.165) is 5.69 Å². The van der Waals surface area contributed by atoms with Crippen molar-refractivity contribution in [1.82, 2.24) is 4.57 Å². The zero-order valence-corrected chi connectivity index (χ0v) is 18.9. The number of carbonyl (C=O) groups is 2. The van der Waals surface area contributed by atoms with E-state index in [1.165, 1.54) is 24.3 Å². The second-order valence-corrected chi connectivity index (χ2v) is 9.13. The number of benzene rings is 2. The van der Waals surface area contributed by atoms with Gasteiger partial charge >= 0.3 is 5.97 Å². The summed E-state index contributed by atoms with van der Waals surface area (Å²) >= 11 is 12.0. The van der Waals surface area contributed by atoms with Gasteiger partial charge in [-0.05, 0) is 56.3 Å². The van der Waals surface area contributed by atoms with Crippen molar-refractivity contribution in [3.63, 3.8) is 0 Å². The summed E-state index contributed by atoms with van der Waals surface area (Å²) in [4.78, 5) is 25.0. The Bertz CT molecular complexity index is 1260. The van der Waals surface area contributed by atoms with E-state index in [4.69, 9.17) is 33.1 Å². The zero-order valence-electron chi connectivity index (χ0n) is 16.6. The monoisotopic (exact) mass is 480 g/mol. The minimum atomic E-state index is -3.81. The molecule has 31 heavy (non-hydrogen) atoms. The van der Waals surface area contributed by atoms with Gasteiger partial charge in [0.25, 0.3) is 0 Å². The Morgan fingerprint density at radius 1 is 1.03 bits per heavy atom. The molecule has 0 radical (unpaired) electrons. The van der Waals surface area contributed by atoms with Gasteiger partial charge in [-0.1, -0.05) is 29.3 Å². The number of sulfonamides is 1. The molecule has 0 saturated heterocycles. The van der Waals surface area contributed by atoms with Crippen LogP contribution in [0.3, 0.4) is 0 Å². The third-order valence-corrected chi connectivity index (χ3v) is 6.22. The second kappa shape index (κ2) is 8.84. The number of esters is 1. The number of hydrogen-bond donors (Lipinski definition) is 1. The number of rotatable bonds is 6. The van der Waals surface area contributed by atoms with Gasteiger partial charge in [-0.25, -0.2) is 18.4 Å². The van der Waals surface area contributed by atoms with Gasteiger partial charge in [-0.2, -0.15) is 0 Å². The van der Waals surface area contributed by atoms with Crippen LogP contribution < -0.4 is 5.14 Å². The summed E-state index contributed by atoms with van der Waals surface area (Å²) in [5.41, 5.74) is 2.37. The topological polar surface area (TPSA) is 108 Å². The highest BCUT2D eigenvalue weighted by Crippen LogP contribution is 2.26. The molecule has 0 fully saturated rings. The number of nitrogens with zero attached hydrogens (tertiary/aromatic N) is 1. The zero-order chi connectivity index (χ0) is 22.9. The molecule has 0 aliphatic rings. The van der Waals surface area contributed by atoms with Crippen LogP contribution in [0.4, 0.5) is 0 Å². The van der Waals surface area contributed by atoms with Crippen LogP contribution in [0, 0.1) is 13.8 Å². The molecule has 3 rings (SSSR count). The first-order valence-corrected chi connectivity index (χ1v) is 11.3. The van der Waals surface area contributed by atoms with Crippen molar-refractivity contribution in [3.05, 3.63) is 81.1 Å². The fourth-order valence-electron chi connectivity index (χ4n) is 3.20. The molecule has 2 aromatic carbocycles. The lowest BCUT2D eigenvalue weighted by Crippen LogP contribution is -2.15. The van der Waals surface area contributed by atoms with Gasteiger partial charge in [0.2, 0.25) is 15.8 Å². The van der Waals surface area contributed by atoms with E-state index in [2.05, 4.69) is 0 Å². The number of hydrogen-bond acceptors (Lipinski definition) is 5. The highest BCUT2D eigenvalue weighted by atomic mass is 35.5. The number of carbonyl (C=O) groups excluding carboxylic acids is 2. The van der Waals surface area contributed by atoms with Crippen LogP contribution >= 0.6 is 23.2 Å². The molecule has 0 aliphatic heterocycles. The van der Waals surface area contributed by atoms with Crippen LogP contribution in [0.1, 0.15) is 32.1 Å². The standard InChI is InChI=1S/C21H18Cl2N2O5S/c1-12-10-16(13(2)25(12)14-6-8-15(9-7-14)31(24,28)29)19(26)11-30-21(27)20-17(22)4-3-5-18(20)23/h3-10H,11H2,1-2H3,(H2,24,28,29). The maximum atomic E-state index is 12.7. The van der Waals surface area contributed by atoms with Crippen LogP contribution in [0.15, 0.2) is 53.4 Å². The molecule has 3 aromatic rings. The lowest BCUT2D eigenvalue weighted by Gasteiger charge is -2.11. The number of ether oxygens (including phenoxy) is 1. The smallest absolute Gasteiger partial charge is 0.341 e. The fourth-order valence-corrected chi connectivity index (χ4v) is 4.27. The number of primary sulfonamides is 1. The van der Waals surface area contributed by atoms with E-state index >= 15 is 0 Å². The van der Waals surface area contributed by atoms with Gasteiger partial charge < -0.3 is 9.30 Å². The molecule has 0 bridgehead atoms. The van der Waals surface area contributed by atoms with E-state index in [1.807, 2.05) is 0 Å². The van der Waals surface area contributed by atoms with Gasteiger partial charge in [0, 0.05) is 22.6 Å². The van der Waals surface area contributed by atoms with Crippen molar-refractivity contribution in [3.8, 4) is 5.69 Å². The summed E-state index contributed by atoms with van der Waals surface area (Å²) in [7, 11) is -3.81. The number of ketones is 1. The molecular formula is C21H18Cl2N2O5S. The summed E-state index contributed by atoms with van der Waals surface area (Å²) in [5, 5.41) is 5.39. The predicted molar refractivity (Wildman–Crippen MR) is 118 cm³/mol. The van der Waals surface area contributed by atoms with Crippen LogP contribution in [0.5, 0.6) is 0 Å². The fraction of sp³-hybridized carbons (Fsp3) is 0.143. The minimum absolute atomic E-state index is 0.000878. The average molecular weight is 481 g/mol. The molecule has 162 valence electrons. The molecule has 1 heterocycles. The van der Waals surface area contributed by atoms with E-state index in [0.29, 0.717) is 16.9 Å². The summed E-state index contributed by atoms with van der Waals surface area (Å²) in [6.45, 7) is 3.04. The summed E-state index contributed by atoms with van der Waals surface area (Å²) in [6, 6.07) is 12.2. The number of aryl methyl sites for hydroxylation is 1. The van der Waals surface area contributed by atoms with E-state index < -0.39 is 28.4 Å². The Balaban J connectivity index is 1.81. The number of halogens is 2. The Morgan fingerprint density at radius 2 is 1.61 bits per heavy atom. The second-order valence-electron chi connectivity index (χ2n) is 6.76. The van der Waals surface area contributed by atoms with Gasteiger partial charge in [0.05, 0.1) is 20.5 Å². The summed E-state index contributed by atoms with van der Waals surface area (Å²) in [5.74, 6) is -1.20. The number of aromatic nitrogens is 1. The molecule has 7 nitrogen and oxygen atoms in total. The molecule has 10 heteroatoms. The van der Waals surface area contributed by atoms with Crippen molar-refractivity contribution in [2.45, 2.75) is 18.7 Å². The van der Waals surface area contributed by atoms with Crippen molar-refractivity contribution in [2.75, 3.05) is 6.61 Å². The Labute approximate surface area is 189 Å². The van der Waals surface area contributed by atoms with Crippen molar-refractivity contribution < 1.29 is 22.7 Å². The molecule has 0 unspecified atom stereocenters. The first kappa shape index (κ1) is 23.0. The van der Waals surface area contributed by atoms with Crippen LogP contribution in [-0.2, 0) is 14.8 Å². The lowest BCUT2D eigenvalue weighted by atomic mass is 10.1. The number of nitrogens with two attached hydrogens (primary N) is 1. The third kappa shape index (κ3) is 4.83. The largest absolute Gasteiger partial charge is 0.454 e. The van der Waals surface area contributed by atoms with Gasteiger partial charge in [0.15, 0.2) is 6.61 Å². The quantitative estimate of drug-likeness (QED) is 0.422. The molecule has 0 saturated carbocycles.